The zero-order chi connectivity index (χ0) is 17.9. The Labute approximate surface area is 150 Å². The van der Waals surface area contributed by atoms with Gasteiger partial charge in [-0.15, -0.1) is 0 Å². The summed E-state index contributed by atoms with van der Waals surface area (Å²) >= 11 is 0. The highest BCUT2D eigenvalue weighted by molar-refractivity contribution is 5.93. The van der Waals surface area contributed by atoms with Crippen LogP contribution in [0.25, 0.3) is 22.3 Å². The number of benzene rings is 1. The molecule has 0 aliphatic rings. The summed E-state index contributed by atoms with van der Waals surface area (Å²) in [7, 11) is 1.64. The smallest absolute Gasteiger partial charge is 0.163 e. The van der Waals surface area contributed by atoms with Gasteiger partial charge < -0.3 is 10.1 Å². The molecule has 0 unspecified atom stereocenters. The third-order valence-electron chi connectivity index (χ3n) is 3.96. The minimum absolute atomic E-state index is 0.603. The molecule has 26 heavy (non-hydrogen) atoms. The predicted octanol–water partition coefficient (Wildman–Crippen LogP) is 4.15. The van der Waals surface area contributed by atoms with Crippen LogP contribution in [0.2, 0.25) is 0 Å². The highest BCUT2D eigenvalue weighted by Crippen LogP contribution is 2.29. The van der Waals surface area contributed by atoms with Gasteiger partial charge in [-0.1, -0.05) is 6.07 Å². The van der Waals surface area contributed by atoms with E-state index in [1.54, 1.807) is 19.5 Å². The summed E-state index contributed by atoms with van der Waals surface area (Å²) in [5, 5.41) is 4.17. The second-order valence-electron chi connectivity index (χ2n) is 5.81. The summed E-state index contributed by atoms with van der Waals surface area (Å²) in [5.41, 5.74) is 2.60. The van der Waals surface area contributed by atoms with Crippen molar-refractivity contribution in [3.8, 4) is 17.1 Å². The normalized spacial score (nSPS) is 10.7. The van der Waals surface area contributed by atoms with Crippen molar-refractivity contribution < 1.29 is 4.74 Å². The standard InChI is InChI=1S/C20H17N5O/c1-13-5-3-7-18(22-13)24-20-16-11-15(26-2)8-9-17(16)23-19(25-20)14-6-4-10-21-12-14/h3-12H,1-2H3,(H,22,23,24,25). The number of hydrogen-bond acceptors (Lipinski definition) is 6. The van der Waals surface area contributed by atoms with Gasteiger partial charge in [0.1, 0.15) is 17.4 Å². The number of pyridine rings is 2. The average molecular weight is 343 g/mol. The number of methoxy groups -OCH3 is 1. The molecule has 0 radical (unpaired) electrons. The van der Waals surface area contributed by atoms with Gasteiger partial charge in [0, 0.05) is 29.0 Å². The van der Waals surface area contributed by atoms with Crippen LogP contribution in [0.3, 0.4) is 0 Å². The molecule has 3 aromatic heterocycles. The van der Waals surface area contributed by atoms with Gasteiger partial charge in [0.2, 0.25) is 0 Å². The van der Waals surface area contributed by atoms with Crippen molar-refractivity contribution in [2.75, 3.05) is 12.4 Å². The van der Waals surface area contributed by atoms with Crippen LogP contribution in [-0.4, -0.2) is 27.0 Å². The minimum Gasteiger partial charge on any atom is -0.497 e. The van der Waals surface area contributed by atoms with Gasteiger partial charge in [-0.3, -0.25) is 4.98 Å². The van der Waals surface area contributed by atoms with Crippen molar-refractivity contribution >= 4 is 22.5 Å². The number of fused-ring (bicyclic) bond motifs is 1. The number of nitrogens with zero attached hydrogens (tertiary/aromatic N) is 4. The molecule has 0 amide bonds. The number of nitrogens with one attached hydrogen (secondary N) is 1. The van der Waals surface area contributed by atoms with Crippen molar-refractivity contribution in [1.82, 2.24) is 19.9 Å². The van der Waals surface area contributed by atoms with Crippen LogP contribution < -0.4 is 10.1 Å². The van der Waals surface area contributed by atoms with Crippen LogP contribution in [-0.2, 0) is 0 Å². The van der Waals surface area contributed by atoms with Crippen molar-refractivity contribution in [2.45, 2.75) is 6.92 Å². The molecule has 0 aliphatic carbocycles. The summed E-state index contributed by atoms with van der Waals surface area (Å²) in [6, 6.07) is 15.3. The van der Waals surface area contributed by atoms with Gasteiger partial charge in [0.05, 0.1) is 12.6 Å². The lowest BCUT2D eigenvalue weighted by Gasteiger charge is -2.12. The lowest BCUT2D eigenvalue weighted by Crippen LogP contribution is -2.01. The Morgan fingerprint density at radius 3 is 2.65 bits per heavy atom. The Morgan fingerprint density at radius 1 is 0.962 bits per heavy atom. The molecule has 4 aromatic rings. The summed E-state index contributed by atoms with van der Waals surface area (Å²) in [5.74, 6) is 2.75. The van der Waals surface area contributed by atoms with E-state index in [1.165, 1.54) is 0 Å². The summed E-state index contributed by atoms with van der Waals surface area (Å²) in [6.45, 7) is 1.95. The SMILES string of the molecule is COc1ccc2nc(-c3cccnc3)nc(Nc3cccc(C)n3)c2c1. The van der Waals surface area contributed by atoms with E-state index in [0.717, 1.165) is 33.7 Å². The zero-order valence-corrected chi connectivity index (χ0v) is 14.5. The maximum absolute atomic E-state index is 5.35. The first kappa shape index (κ1) is 16.0. The molecule has 6 heteroatoms. The number of ether oxygens (including phenoxy) is 1. The van der Waals surface area contributed by atoms with Gasteiger partial charge in [0.15, 0.2) is 5.82 Å². The maximum atomic E-state index is 5.35. The third-order valence-corrected chi connectivity index (χ3v) is 3.96. The monoisotopic (exact) mass is 343 g/mol. The number of aryl methyl sites for hydroxylation is 1. The molecule has 0 aliphatic heterocycles. The van der Waals surface area contributed by atoms with Crippen LogP contribution in [0.15, 0.2) is 60.9 Å². The highest BCUT2D eigenvalue weighted by Gasteiger charge is 2.11. The topological polar surface area (TPSA) is 72.8 Å². The molecule has 0 spiro atoms. The first-order valence-electron chi connectivity index (χ1n) is 8.20. The molecule has 1 aromatic carbocycles. The molecule has 0 atom stereocenters. The first-order chi connectivity index (χ1) is 12.7. The number of anilines is 2. The van der Waals surface area contributed by atoms with Crippen LogP contribution in [0.1, 0.15) is 5.69 Å². The molecule has 4 rings (SSSR count). The van der Waals surface area contributed by atoms with Crippen molar-refractivity contribution in [3.63, 3.8) is 0 Å². The summed E-state index contributed by atoms with van der Waals surface area (Å²) in [6.07, 6.45) is 3.48. The van der Waals surface area contributed by atoms with Crippen LogP contribution in [0.4, 0.5) is 11.6 Å². The Bertz CT molecular complexity index is 1070. The molecular formula is C20H17N5O. The quantitative estimate of drug-likeness (QED) is 0.600. The lowest BCUT2D eigenvalue weighted by atomic mass is 10.2. The Hall–Kier alpha value is -3.54. The second kappa shape index (κ2) is 6.76. The van der Waals surface area contributed by atoms with Crippen LogP contribution >= 0.6 is 0 Å². The largest absolute Gasteiger partial charge is 0.497 e. The second-order valence-corrected chi connectivity index (χ2v) is 5.81. The summed E-state index contributed by atoms with van der Waals surface area (Å²) < 4.78 is 5.35. The van der Waals surface area contributed by atoms with Gasteiger partial charge in [-0.05, 0) is 49.4 Å². The Kier molecular flexibility index (Phi) is 4.15. The zero-order valence-electron chi connectivity index (χ0n) is 14.5. The molecule has 0 bridgehead atoms. The van der Waals surface area contributed by atoms with Crippen LogP contribution in [0, 0.1) is 6.92 Å². The van der Waals surface area contributed by atoms with E-state index < -0.39 is 0 Å². The molecule has 0 saturated carbocycles. The maximum Gasteiger partial charge on any atom is 0.163 e. The van der Waals surface area contributed by atoms with E-state index in [4.69, 9.17) is 9.72 Å². The molecule has 1 N–H and O–H groups in total. The van der Waals surface area contributed by atoms with E-state index in [1.807, 2.05) is 55.5 Å². The minimum atomic E-state index is 0.603. The first-order valence-corrected chi connectivity index (χ1v) is 8.20. The molecular weight excluding hydrogens is 326 g/mol. The van der Waals surface area contributed by atoms with Gasteiger partial charge in [0.25, 0.3) is 0 Å². The fourth-order valence-corrected chi connectivity index (χ4v) is 2.69. The summed E-state index contributed by atoms with van der Waals surface area (Å²) in [4.78, 5) is 18.1. The van der Waals surface area contributed by atoms with Crippen molar-refractivity contribution in [3.05, 3.63) is 66.6 Å². The molecule has 0 saturated heterocycles. The van der Waals surface area contributed by atoms with E-state index in [9.17, 15) is 0 Å². The average Bonchev–Trinajstić information content (AvgIpc) is 2.68. The van der Waals surface area contributed by atoms with Crippen molar-refractivity contribution in [1.29, 1.82) is 0 Å². The highest BCUT2D eigenvalue weighted by atomic mass is 16.5. The van der Waals surface area contributed by atoms with E-state index in [-0.39, 0.29) is 0 Å². The molecule has 6 nitrogen and oxygen atoms in total. The lowest BCUT2D eigenvalue weighted by molar-refractivity contribution is 0.415. The van der Waals surface area contributed by atoms with Crippen LogP contribution in [0.5, 0.6) is 5.75 Å². The van der Waals surface area contributed by atoms with Gasteiger partial charge in [-0.25, -0.2) is 15.0 Å². The Balaban J connectivity index is 1.89. The Morgan fingerprint density at radius 2 is 1.88 bits per heavy atom. The molecule has 3 heterocycles. The number of hydrogen-bond donors (Lipinski definition) is 1. The number of aromatic nitrogens is 4. The fraction of sp³-hybridized carbons (Fsp3) is 0.100. The number of rotatable bonds is 4. The molecule has 128 valence electrons. The third kappa shape index (κ3) is 3.17. The van der Waals surface area contributed by atoms with Gasteiger partial charge >= 0.3 is 0 Å². The van der Waals surface area contributed by atoms with Gasteiger partial charge in [-0.2, -0.15) is 0 Å². The fourth-order valence-electron chi connectivity index (χ4n) is 2.69. The van der Waals surface area contributed by atoms with E-state index >= 15 is 0 Å². The predicted molar refractivity (Wildman–Crippen MR) is 102 cm³/mol. The van der Waals surface area contributed by atoms with E-state index in [2.05, 4.69) is 20.3 Å². The molecule has 0 fully saturated rings. The van der Waals surface area contributed by atoms with E-state index in [0.29, 0.717) is 11.6 Å². The van der Waals surface area contributed by atoms with Crippen molar-refractivity contribution in [2.24, 2.45) is 0 Å².